The second-order valence-electron chi connectivity index (χ2n) is 6.50. The van der Waals surface area contributed by atoms with Crippen LogP contribution in [0.1, 0.15) is 17.0 Å². The summed E-state index contributed by atoms with van der Waals surface area (Å²) in [5.74, 6) is -0.0816. The molecule has 5 nitrogen and oxygen atoms in total. The van der Waals surface area contributed by atoms with Crippen molar-refractivity contribution in [1.29, 1.82) is 0 Å². The van der Waals surface area contributed by atoms with Crippen molar-refractivity contribution < 1.29 is 9.53 Å². The summed E-state index contributed by atoms with van der Waals surface area (Å²) in [7, 11) is 2.09. The molecule has 1 amide bonds. The Balaban J connectivity index is 1.27. The number of carbonyl (C=O) groups excluding carboxylic acids is 1. The summed E-state index contributed by atoms with van der Waals surface area (Å²) < 4.78 is 6.63. The van der Waals surface area contributed by atoms with Crippen LogP contribution in [0.15, 0.2) is 54.6 Å². The third-order valence-corrected chi connectivity index (χ3v) is 5.14. The highest BCUT2D eigenvalue weighted by molar-refractivity contribution is 7.18. The van der Waals surface area contributed by atoms with Crippen molar-refractivity contribution in [2.24, 2.45) is 0 Å². The Morgan fingerprint density at radius 3 is 2.74 bits per heavy atom. The largest absolute Gasteiger partial charge is 0.364 e. The van der Waals surface area contributed by atoms with Gasteiger partial charge in [0.05, 0.1) is 16.8 Å². The van der Waals surface area contributed by atoms with E-state index in [4.69, 9.17) is 4.74 Å². The fraction of sp³-hybridized carbons (Fsp3) is 0.333. The second-order valence-corrected chi connectivity index (χ2v) is 7.61. The minimum Gasteiger partial charge on any atom is -0.364 e. The van der Waals surface area contributed by atoms with Crippen LogP contribution in [0.2, 0.25) is 0 Å². The van der Waals surface area contributed by atoms with Gasteiger partial charge in [-0.15, -0.1) is 11.3 Å². The molecular formula is C21H25N3O2S. The normalized spacial score (nSPS) is 11.2. The number of fused-ring (bicyclic) bond motifs is 1. The van der Waals surface area contributed by atoms with Crippen molar-refractivity contribution in [2.45, 2.75) is 19.6 Å². The lowest BCUT2D eigenvalue weighted by atomic mass is 10.2. The summed E-state index contributed by atoms with van der Waals surface area (Å²) in [5, 5.41) is 3.80. The number of nitrogens with zero attached hydrogens (tertiary/aromatic N) is 2. The zero-order chi connectivity index (χ0) is 18.9. The highest BCUT2D eigenvalue weighted by Crippen LogP contribution is 2.21. The third-order valence-electron chi connectivity index (χ3n) is 4.13. The van der Waals surface area contributed by atoms with Gasteiger partial charge < -0.3 is 15.0 Å². The van der Waals surface area contributed by atoms with E-state index >= 15 is 0 Å². The Labute approximate surface area is 164 Å². The van der Waals surface area contributed by atoms with Crippen molar-refractivity contribution in [2.75, 3.05) is 26.7 Å². The standard InChI is InChI=1S/C21H25N3O2S/c1-24(14-17-8-3-2-4-9-17)13-7-12-22-20(25)15-26-16-21-23-18-10-5-6-11-19(18)27-21/h2-6,8-11H,7,12-16H2,1H3,(H,22,25). The molecule has 1 N–H and O–H groups in total. The van der Waals surface area contributed by atoms with Gasteiger partial charge in [0.1, 0.15) is 11.6 Å². The SMILES string of the molecule is CN(CCCNC(=O)COCc1nc2ccccc2s1)Cc1ccccc1. The molecule has 0 aliphatic heterocycles. The van der Waals surface area contributed by atoms with Crippen molar-refractivity contribution >= 4 is 27.5 Å². The molecule has 0 saturated carbocycles. The highest BCUT2D eigenvalue weighted by Gasteiger charge is 2.06. The highest BCUT2D eigenvalue weighted by atomic mass is 32.1. The molecule has 6 heteroatoms. The van der Waals surface area contributed by atoms with E-state index in [1.807, 2.05) is 30.3 Å². The first-order chi connectivity index (χ1) is 13.2. The number of ether oxygens (including phenoxy) is 1. The van der Waals surface area contributed by atoms with Gasteiger partial charge in [-0.25, -0.2) is 4.98 Å². The molecule has 0 radical (unpaired) electrons. The smallest absolute Gasteiger partial charge is 0.246 e. The average Bonchev–Trinajstić information content (AvgIpc) is 3.09. The van der Waals surface area contributed by atoms with Crippen LogP contribution in [0.3, 0.4) is 0 Å². The van der Waals surface area contributed by atoms with E-state index in [2.05, 4.69) is 46.5 Å². The lowest BCUT2D eigenvalue weighted by Gasteiger charge is -2.16. The lowest BCUT2D eigenvalue weighted by molar-refractivity contribution is -0.126. The maximum absolute atomic E-state index is 11.9. The van der Waals surface area contributed by atoms with Crippen LogP contribution in [-0.2, 0) is 22.7 Å². The number of amides is 1. The molecule has 0 unspecified atom stereocenters. The van der Waals surface area contributed by atoms with Crippen LogP contribution >= 0.6 is 11.3 Å². The van der Waals surface area contributed by atoms with Crippen LogP contribution < -0.4 is 5.32 Å². The maximum Gasteiger partial charge on any atom is 0.246 e. The van der Waals surface area contributed by atoms with Gasteiger partial charge in [0, 0.05) is 13.1 Å². The maximum atomic E-state index is 11.9. The Morgan fingerprint density at radius 2 is 1.93 bits per heavy atom. The zero-order valence-electron chi connectivity index (χ0n) is 15.6. The van der Waals surface area contributed by atoms with E-state index in [0.717, 1.165) is 34.7 Å². The van der Waals surface area contributed by atoms with Gasteiger partial charge in [-0.2, -0.15) is 0 Å². The number of nitrogens with one attached hydrogen (secondary N) is 1. The van der Waals surface area contributed by atoms with Gasteiger partial charge in [-0.05, 0) is 37.7 Å². The summed E-state index contributed by atoms with van der Waals surface area (Å²) in [5.41, 5.74) is 2.28. The summed E-state index contributed by atoms with van der Waals surface area (Å²) in [6.45, 7) is 2.94. The summed E-state index contributed by atoms with van der Waals surface area (Å²) >= 11 is 1.60. The van der Waals surface area contributed by atoms with Crippen molar-refractivity contribution in [1.82, 2.24) is 15.2 Å². The van der Waals surface area contributed by atoms with Gasteiger partial charge >= 0.3 is 0 Å². The topological polar surface area (TPSA) is 54.5 Å². The van der Waals surface area contributed by atoms with Crippen molar-refractivity contribution in [3.8, 4) is 0 Å². The predicted octanol–water partition coefficient (Wildman–Crippen LogP) is 3.45. The van der Waals surface area contributed by atoms with E-state index in [9.17, 15) is 4.79 Å². The van der Waals surface area contributed by atoms with Gasteiger partial charge in [0.15, 0.2) is 0 Å². The Kier molecular flexibility index (Phi) is 7.33. The van der Waals surface area contributed by atoms with Crippen LogP contribution in [0.25, 0.3) is 10.2 Å². The molecule has 2 aromatic carbocycles. The molecule has 0 aliphatic carbocycles. The molecule has 0 fully saturated rings. The first-order valence-corrected chi connectivity index (χ1v) is 9.94. The van der Waals surface area contributed by atoms with Gasteiger partial charge in [0.2, 0.25) is 5.91 Å². The van der Waals surface area contributed by atoms with Gasteiger partial charge in [-0.3, -0.25) is 4.79 Å². The molecule has 27 heavy (non-hydrogen) atoms. The Hall–Kier alpha value is -2.28. The molecule has 1 heterocycles. The van der Waals surface area contributed by atoms with Crippen LogP contribution in [0.5, 0.6) is 0 Å². The van der Waals surface area contributed by atoms with Crippen LogP contribution in [-0.4, -0.2) is 42.5 Å². The molecule has 142 valence electrons. The molecular weight excluding hydrogens is 358 g/mol. The monoisotopic (exact) mass is 383 g/mol. The first-order valence-electron chi connectivity index (χ1n) is 9.12. The minimum atomic E-state index is -0.0816. The van der Waals surface area contributed by atoms with Crippen LogP contribution in [0, 0.1) is 0 Å². The number of rotatable bonds is 10. The van der Waals surface area contributed by atoms with Crippen molar-refractivity contribution in [3.05, 3.63) is 65.2 Å². The number of carbonyl (C=O) groups is 1. The van der Waals surface area contributed by atoms with E-state index in [0.29, 0.717) is 13.2 Å². The lowest BCUT2D eigenvalue weighted by Crippen LogP contribution is -2.30. The van der Waals surface area contributed by atoms with Gasteiger partial charge in [-0.1, -0.05) is 42.5 Å². The van der Waals surface area contributed by atoms with Gasteiger partial charge in [0.25, 0.3) is 0 Å². The summed E-state index contributed by atoms with van der Waals surface area (Å²) in [6, 6.07) is 18.4. The molecule has 3 aromatic rings. The first kappa shape index (κ1) is 19.5. The molecule has 3 rings (SSSR count). The number of hydrogen-bond acceptors (Lipinski definition) is 5. The van der Waals surface area contributed by atoms with E-state index < -0.39 is 0 Å². The number of para-hydroxylation sites is 1. The Bertz CT molecular complexity index is 818. The average molecular weight is 384 g/mol. The molecule has 0 aliphatic rings. The quantitative estimate of drug-likeness (QED) is 0.545. The zero-order valence-corrected chi connectivity index (χ0v) is 16.4. The summed E-state index contributed by atoms with van der Waals surface area (Å²) in [6.07, 6.45) is 0.910. The number of thiazole rings is 1. The Morgan fingerprint density at radius 1 is 1.15 bits per heavy atom. The molecule has 1 aromatic heterocycles. The minimum absolute atomic E-state index is 0.0653. The number of hydrogen-bond donors (Lipinski definition) is 1. The van der Waals surface area contributed by atoms with E-state index in [1.165, 1.54) is 5.56 Å². The fourth-order valence-corrected chi connectivity index (χ4v) is 3.72. The molecule has 0 spiro atoms. The molecule has 0 atom stereocenters. The fourth-order valence-electron chi connectivity index (χ4n) is 2.81. The second kappa shape index (κ2) is 10.2. The van der Waals surface area contributed by atoms with E-state index in [-0.39, 0.29) is 12.5 Å². The third kappa shape index (κ3) is 6.43. The van der Waals surface area contributed by atoms with Crippen LogP contribution in [0.4, 0.5) is 0 Å². The van der Waals surface area contributed by atoms with Crippen molar-refractivity contribution in [3.63, 3.8) is 0 Å². The summed E-state index contributed by atoms with van der Waals surface area (Å²) in [4.78, 5) is 18.6. The number of aromatic nitrogens is 1. The number of benzene rings is 2. The molecule has 0 saturated heterocycles. The predicted molar refractivity (Wildman–Crippen MR) is 110 cm³/mol. The van der Waals surface area contributed by atoms with E-state index in [1.54, 1.807) is 11.3 Å². The molecule has 0 bridgehead atoms.